The zero-order valence-corrected chi connectivity index (χ0v) is 16.8. The summed E-state index contributed by atoms with van der Waals surface area (Å²) >= 11 is 1.67. The quantitative estimate of drug-likeness (QED) is 0.846. The molecular formula is C19H21N3O3S2. The third kappa shape index (κ3) is 3.82. The second-order valence-corrected chi connectivity index (χ2v) is 10.3. The van der Waals surface area contributed by atoms with E-state index in [1.807, 2.05) is 6.92 Å². The second kappa shape index (κ2) is 6.83. The Hall–Kier alpha value is -2.06. The molecule has 2 heterocycles. The SMILES string of the molecule is Cc1ccnc(NS(=O)(=O)c2ccc3c(c2)N(C(=O)C2CC2)C[C@@H](C)S3)c1. The maximum absolute atomic E-state index is 12.8. The van der Waals surface area contributed by atoms with Crippen molar-refractivity contribution in [2.24, 2.45) is 5.92 Å². The van der Waals surface area contributed by atoms with Gasteiger partial charge in [0.25, 0.3) is 10.0 Å². The minimum Gasteiger partial charge on any atom is -0.310 e. The van der Waals surface area contributed by atoms with E-state index in [1.54, 1.807) is 53.2 Å². The number of rotatable bonds is 4. The fourth-order valence-electron chi connectivity index (χ4n) is 3.13. The highest BCUT2D eigenvalue weighted by molar-refractivity contribution is 8.00. The number of hydrogen-bond acceptors (Lipinski definition) is 5. The van der Waals surface area contributed by atoms with E-state index in [2.05, 4.69) is 16.6 Å². The van der Waals surface area contributed by atoms with Crippen LogP contribution in [0.3, 0.4) is 0 Å². The molecule has 1 atom stereocenters. The molecule has 0 spiro atoms. The zero-order chi connectivity index (χ0) is 19.2. The van der Waals surface area contributed by atoms with Crippen molar-refractivity contribution in [3.05, 3.63) is 42.1 Å². The predicted octanol–water partition coefficient (Wildman–Crippen LogP) is 3.43. The number of sulfonamides is 1. The Kier molecular flexibility index (Phi) is 4.63. The number of thioether (sulfide) groups is 1. The summed E-state index contributed by atoms with van der Waals surface area (Å²) in [5, 5.41) is 0.275. The molecule has 1 saturated carbocycles. The highest BCUT2D eigenvalue weighted by atomic mass is 32.2. The lowest BCUT2D eigenvalue weighted by molar-refractivity contribution is -0.119. The summed E-state index contributed by atoms with van der Waals surface area (Å²) in [6, 6.07) is 8.46. The Bertz CT molecular complexity index is 1000. The molecule has 6 nitrogen and oxygen atoms in total. The Labute approximate surface area is 163 Å². The molecule has 1 aromatic heterocycles. The van der Waals surface area contributed by atoms with Gasteiger partial charge in [0.1, 0.15) is 5.82 Å². The molecule has 1 aromatic carbocycles. The number of nitrogens with one attached hydrogen (secondary N) is 1. The topological polar surface area (TPSA) is 79.4 Å². The van der Waals surface area contributed by atoms with Crippen LogP contribution in [0.15, 0.2) is 46.3 Å². The Morgan fingerprint density at radius 3 is 2.74 bits per heavy atom. The molecule has 1 amide bonds. The molecule has 1 aliphatic heterocycles. The molecule has 142 valence electrons. The van der Waals surface area contributed by atoms with E-state index in [0.29, 0.717) is 12.2 Å². The van der Waals surface area contributed by atoms with E-state index in [1.165, 1.54) is 0 Å². The van der Waals surface area contributed by atoms with Crippen molar-refractivity contribution in [3.63, 3.8) is 0 Å². The number of aryl methyl sites for hydroxylation is 1. The molecule has 0 bridgehead atoms. The normalized spacial score (nSPS) is 19.5. The first kappa shape index (κ1) is 18.3. The zero-order valence-electron chi connectivity index (χ0n) is 15.2. The molecule has 0 saturated heterocycles. The van der Waals surface area contributed by atoms with Crippen LogP contribution in [0.1, 0.15) is 25.3 Å². The Morgan fingerprint density at radius 1 is 1.26 bits per heavy atom. The lowest BCUT2D eigenvalue weighted by Gasteiger charge is -2.33. The van der Waals surface area contributed by atoms with Gasteiger partial charge in [-0.25, -0.2) is 13.4 Å². The highest BCUT2D eigenvalue weighted by Crippen LogP contribution is 2.42. The van der Waals surface area contributed by atoms with E-state index in [9.17, 15) is 13.2 Å². The third-order valence-corrected chi connectivity index (χ3v) is 7.15. The highest BCUT2D eigenvalue weighted by Gasteiger charge is 2.37. The number of hydrogen-bond donors (Lipinski definition) is 1. The minimum atomic E-state index is -3.79. The molecule has 0 unspecified atom stereocenters. The number of aromatic nitrogens is 1. The van der Waals surface area contributed by atoms with Gasteiger partial charge in [-0.2, -0.15) is 0 Å². The van der Waals surface area contributed by atoms with Crippen LogP contribution in [0.2, 0.25) is 0 Å². The van der Waals surface area contributed by atoms with E-state index < -0.39 is 10.0 Å². The number of nitrogens with zero attached hydrogens (tertiary/aromatic N) is 2. The van der Waals surface area contributed by atoms with Gasteiger partial charge >= 0.3 is 0 Å². The summed E-state index contributed by atoms with van der Waals surface area (Å²) in [4.78, 5) is 19.6. The van der Waals surface area contributed by atoms with Crippen LogP contribution in [0.5, 0.6) is 0 Å². The smallest absolute Gasteiger partial charge is 0.263 e. The number of carbonyl (C=O) groups is 1. The molecule has 0 radical (unpaired) electrons. The van der Waals surface area contributed by atoms with Gasteiger partial charge in [-0.3, -0.25) is 9.52 Å². The standard InChI is InChI=1S/C19H21N3O3S2/c1-12-7-8-20-18(9-12)21-27(24,25)15-5-6-17-16(10-15)22(11-13(2)26-17)19(23)14-3-4-14/h5-10,13-14H,3-4,11H2,1-2H3,(H,20,21)/t13-/m1/s1. The average Bonchev–Trinajstić information content (AvgIpc) is 3.44. The lowest BCUT2D eigenvalue weighted by Crippen LogP contribution is -2.39. The monoisotopic (exact) mass is 403 g/mol. The summed E-state index contributed by atoms with van der Waals surface area (Å²) in [6.45, 7) is 4.55. The van der Waals surface area contributed by atoms with Crippen molar-refractivity contribution in [3.8, 4) is 0 Å². The van der Waals surface area contributed by atoms with Gasteiger partial charge in [-0.15, -0.1) is 11.8 Å². The number of amides is 1. The van der Waals surface area contributed by atoms with Crippen LogP contribution in [0.4, 0.5) is 11.5 Å². The van der Waals surface area contributed by atoms with Crippen molar-refractivity contribution in [2.45, 2.75) is 41.7 Å². The second-order valence-electron chi connectivity index (χ2n) is 7.11. The summed E-state index contributed by atoms with van der Waals surface area (Å²) < 4.78 is 28.2. The van der Waals surface area contributed by atoms with Crippen LogP contribution < -0.4 is 9.62 Å². The number of pyridine rings is 1. The van der Waals surface area contributed by atoms with Crippen LogP contribution in [-0.4, -0.2) is 31.1 Å². The first-order valence-corrected chi connectivity index (χ1v) is 11.3. The molecule has 8 heteroatoms. The van der Waals surface area contributed by atoms with Gasteiger partial charge in [-0.1, -0.05) is 6.92 Å². The average molecular weight is 404 g/mol. The number of fused-ring (bicyclic) bond motifs is 1. The van der Waals surface area contributed by atoms with E-state index in [-0.39, 0.29) is 27.8 Å². The minimum absolute atomic E-state index is 0.0861. The van der Waals surface area contributed by atoms with Crippen LogP contribution >= 0.6 is 11.8 Å². The third-order valence-electron chi connectivity index (χ3n) is 4.65. The predicted molar refractivity (Wildman–Crippen MR) is 107 cm³/mol. The lowest BCUT2D eigenvalue weighted by atomic mass is 10.2. The van der Waals surface area contributed by atoms with E-state index in [4.69, 9.17) is 0 Å². The van der Waals surface area contributed by atoms with E-state index in [0.717, 1.165) is 23.3 Å². The first-order chi connectivity index (χ1) is 12.8. The molecule has 4 rings (SSSR count). The molecule has 2 aromatic rings. The summed E-state index contributed by atoms with van der Waals surface area (Å²) in [5.74, 6) is 0.468. The summed E-state index contributed by atoms with van der Waals surface area (Å²) in [5.41, 5.74) is 1.61. The molecular weight excluding hydrogens is 382 g/mol. The van der Waals surface area contributed by atoms with Crippen molar-refractivity contribution in [2.75, 3.05) is 16.2 Å². The number of benzene rings is 1. The fraction of sp³-hybridized carbons (Fsp3) is 0.368. The Morgan fingerprint density at radius 2 is 2.04 bits per heavy atom. The molecule has 2 aliphatic rings. The van der Waals surface area contributed by atoms with E-state index >= 15 is 0 Å². The summed E-state index contributed by atoms with van der Waals surface area (Å²) in [6.07, 6.45) is 3.41. The maximum Gasteiger partial charge on any atom is 0.263 e. The molecule has 1 fully saturated rings. The van der Waals surface area contributed by atoms with Crippen LogP contribution in [0.25, 0.3) is 0 Å². The van der Waals surface area contributed by atoms with Crippen LogP contribution in [-0.2, 0) is 14.8 Å². The van der Waals surface area contributed by atoms with Gasteiger partial charge in [0.05, 0.1) is 10.6 Å². The van der Waals surface area contributed by atoms with Crippen molar-refractivity contribution >= 4 is 39.2 Å². The molecule has 1 aliphatic carbocycles. The van der Waals surface area contributed by atoms with Crippen molar-refractivity contribution < 1.29 is 13.2 Å². The first-order valence-electron chi connectivity index (χ1n) is 8.91. The van der Waals surface area contributed by atoms with Gasteiger partial charge in [0.15, 0.2) is 0 Å². The molecule has 1 N–H and O–H groups in total. The maximum atomic E-state index is 12.8. The Balaban J connectivity index is 1.68. The van der Waals surface area contributed by atoms with Gasteiger partial charge in [0, 0.05) is 28.8 Å². The number of carbonyl (C=O) groups excluding carboxylic acids is 1. The number of anilines is 2. The van der Waals surface area contributed by atoms with Gasteiger partial charge < -0.3 is 4.90 Å². The van der Waals surface area contributed by atoms with Crippen molar-refractivity contribution in [1.82, 2.24) is 4.98 Å². The molecule has 27 heavy (non-hydrogen) atoms. The van der Waals surface area contributed by atoms with Crippen molar-refractivity contribution in [1.29, 1.82) is 0 Å². The fourth-order valence-corrected chi connectivity index (χ4v) is 5.24. The van der Waals surface area contributed by atoms with Gasteiger partial charge in [-0.05, 0) is 55.7 Å². The summed E-state index contributed by atoms with van der Waals surface area (Å²) in [7, 11) is -3.79. The van der Waals surface area contributed by atoms with Crippen LogP contribution in [0, 0.1) is 12.8 Å². The van der Waals surface area contributed by atoms with Gasteiger partial charge in [0.2, 0.25) is 5.91 Å². The largest absolute Gasteiger partial charge is 0.310 e.